The number of carbonyl (C=O) groups is 2. The van der Waals surface area contributed by atoms with Crippen molar-refractivity contribution in [2.45, 2.75) is 26.2 Å². The van der Waals surface area contributed by atoms with Gasteiger partial charge >= 0.3 is 0 Å². The first-order chi connectivity index (χ1) is 7.69. The second-order valence-electron chi connectivity index (χ2n) is 4.18. The summed E-state index contributed by atoms with van der Waals surface area (Å²) in [5.41, 5.74) is 0.0348. The Morgan fingerprint density at radius 2 is 1.88 bits per heavy atom. The lowest BCUT2D eigenvalue weighted by Crippen LogP contribution is -2.31. The van der Waals surface area contributed by atoms with Gasteiger partial charge < -0.3 is 5.32 Å². The van der Waals surface area contributed by atoms with E-state index in [4.69, 9.17) is 0 Å². The molecule has 1 N–H and O–H groups in total. The molecule has 1 aliphatic carbocycles. The minimum Gasteiger partial charge on any atom is -0.325 e. The summed E-state index contributed by atoms with van der Waals surface area (Å²) < 4.78 is 0. The molecule has 0 saturated heterocycles. The van der Waals surface area contributed by atoms with Crippen LogP contribution in [0, 0.1) is 5.41 Å². The van der Waals surface area contributed by atoms with Crippen LogP contribution >= 0.6 is 0 Å². The Morgan fingerprint density at radius 3 is 2.38 bits per heavy atom. The number of Topliss-reactive ketones (excluding diaryl/α,β-unsaturated/α-hetero) is 1. The Kier molecular flexibility index (Phi) is 2.77. The smallest absolute Gasteiger partial charge is 0.238 e. The van der Waals surface area contributed by atoms with Gasteiger partial charge in [-0.1, -0.05) is 25.1 Å². The van der Waals surface area contributed by atoms with E-state index in [-0.39, 0.29) is 11.7 Å². The summed E-state index contributed by atoms with van der Waals surface area (Å²) in [5, 5.41) is 2.80. The van der Waals surface area contributed by atoms with Crippen molar-refractivity contribution in [3.05, 3.63) is 30.3 Å². The van der Waals surface area contributed by atoms with Crippen LogP contribution in [0.15, 0.2) is 30.3 Å². The summed E-state index contributed by atoms with van der Waals surface area (Å²) in [5.74, 6) is -0.0912. The van der Waals surface area contributed by atoms with E-state index in [1.165, 1.54) is 0 Å². The van der Waals surface area contributed by atoms with Crippen LogP contribution in [0.1, 0.15) is 26.2 Å². The normalized spacial score (nSPS) is 16.6. The summed E-state index contributed by atoms with van der Waals surface area (Å²) in [7, 11) is 0. The van der Waals surface area contributed by atoms with Crippen molar-refractivity contribution in [3.8, 4) is 0 Å². The van der Waals surface area contributed by atoms with E-state index < -0.39 is 5.41 Å². The number of para-hydroxylation sites is 1. The molecule has 16 heavy (non-hydrogen) atoms. The van der Waals surface area contributed by atoms with E-state index in [0.29, 0.717) is 19.3 Å². The zero-order chi connectivity index (χ0) is 11.6. The Bertz CT molecular complexity index is 407. The van der Waals surface area contributed by atoms with Crippen LogP contribution in [0.3, 0.4) is 0 Å². The Morgan fingerprint density at radius 1 is 1.25 bits per heavy atom. The van der Waals surface area contributed by atoms with Gasteiger partial charge in [0, 0.05) is 12.1 Å². The van der Waals surface area contributed by atoms with E-state index in [9.17, 15) is 9.59 Å². The van der Waals surface area contributed by atoms with Crippen molar-refractivity contribution in [2.24, 2.45) is 5.41 Å². The third-order valence-electron chi connectivity index (χ3n) is 3.07. The Balaban J connectivity index is 2.07. The third-order valence-corrected chi connectivity index (χ3v) is 3.07. The molecule has 0 heterocycles. The first-order valence-corrected chi connectivity index (χ1v) is 5.59. The lowest BCUT2D eigenvalue weighted by Gasteiger charge is -2.13. The minimum absolute atomic E-state index is 0.0564. The van der Waals surface area contributed by atoms with Crippen LogP contribution in [0.2, 0.25) is 0 Å². The predicted molar refractivity (Wildman–Crippen MR) is 62.0 cm³/mol. The molecule has 1 fully saturated rings. The number of anilines is 1. The van der Waals surface area contributed by atoms with Gasteiger partial charge in [0.05, 0.1) is 0 Å². The van der Waals surface area contributed by atoms with E-state index >= 15 is 0 Å². The van der Waals surface area contributed by atoms with E-state index in [2.05, 4.69) is 5.32 Å². The van der Waals surface area contributed by atoms with E-state index in [1.807, 2.05) is 30.3 Å². The van der Waals surface area contributed by atoms with Crippen molar-refractivity contribution >= 4 is 17.4 Å². The highest BCUT2D eigenvalue weighted by Crippen LogP contribution is 2.48. The summed E-state index contributed by atoms with van der Waals surface area (Å²) in [6.07, 6.45) is 1.82. The molecule has 0 unspecified atom stereocenters. The highest BCUT2D eigenvalue weighted by molar-refractivity contribution is 6.13. The monoisotopic (exact) mass is 217 g/mol. The summed E-state index contributed by atoms with van der Waals surface area (Å²) in [6.45, 7) is 1.80. The lowest BCUT2D eigenvalue weighted by atomic mass is 9.98. The average Bonchev–Trinajstić information content (AvgIpc) is 3.10. The zero-order valence-electron chi connectivity index (χ0n) is 9.32. The number of hydrogen-bond acceptors (Lipinski definition) is 2. The molecular weight excluding hydrogens is 202 g/mol. The van der Waals surface area contributed by atoms with Gasteiger partial charge in [-0.25, -0.2) is 0 Å². The molecule has 1 aromatic rings. The van der Waals surface area contributed by atoms with Crippen molar-refractivity contribution in [1.29, 1.82) is 0 Å². The molecule has 3 heteroatoms. The molecule has 0 aromatic heterocycles. The molecule has 0 spiro atoms. The summed E-state index contributed by atoms with van der Waals surface area (Å²) in [6, 6.07) is 9.25. The fourth-order valence-corrected chi connectivity index (χ4v) is 1.87. The number of amides is 1. The zero-order valence-corrected chi connectivity index (χ0v) is 9.32. The average molecular weight is 217 g/mol. The van der Waals surface area contributed by atoms with E-state index in [0.717, 1.165) is 5.69 Å². The van der Waals surface area contributed by atoms with Crippen LogP contribution in [0.5, 0.6) is 0 Å². The van der Waals surface area contributed by atoms with Crippen molar-refractivity contribution in [2.75, 3.05) is 5.32 Å². The SMILES string of the molecule is CCC(=O)C1(C(=O)Nc2ccccc2)CC1. The van der Waals surface area contributed by atoms with Gasteiger partial charge in [0.2, 0.25) is 5.91 Å². The fourth-order valence-electron chi connectivity index (χ4n) is 1.87. The molecule has 2 rings (SSSR count). The van der Waals surface area contributed by atoms with Gasteiger partial charge in [-0.15, -0.1) is 0 Å². The van der Waals surface area contributed by atoms with Crippen LogP contribution in [-0.2, 0) is 9.59 Å². The molecule has 0 aliphatic heterocycles. The largest absolute Gasteiger partial charge is 0.325 e. The Hall–Kier alpha value is -1.64. The van der Waals surface area contributed by atoms with Crippen molar-refractivity contribution in [1.82, 2.24) is 0 Å². The summed E-state index contributed by atoms with van der Waals surface area (Å²) in [4.78, 5) is 23.6. The number of hydrogen-bond donors (Lipinski definition) is 1. The van der Waals surface area contributed by atoms with Gasteiger partial charge in [0.1, 0.15) is 11.2 Å². The highest BCUT2D eigenvalue weighted by atomic mass is 16.2. The molecule has 1 saturated carbocycles. The van der Waals surface area contributed by atoms with Gasteiger partial charge in [-0.05, 0) is 25.0 Å². The molecule has 1 aliphatic rings. The first kappa shape index (κ1) is 10.9. The number of nitrogens with one attached hydrogen (secondary N) is 1. The first-order valence-electron chi connectivity index (χ1n) is 5.59. The predicted octanol–water partition coefficient (Wildman–Crippen LogP) is 2.38. The number of ketones is 1. The maximum atomic E-state index is 12.0. The van der Waals surface area contributed by atoms with Crippen LogP contribution in [0.4, 0.5) is 5.69 Å². The topological polar surface area (TPSA) is 46.2 Å². The number of rotatable bonds is 4. The van der Waals surface area contributed by atoms with Gasteiger partial charge in [0.15, 0.2) is 0 Å². The molecule has 1 aromatic carbocycles. The molecule has 0 radical (unpaired) electrons. The van der Waals surface area contributed by atoms with Gasteiger partial charge in [-0.3, -0.25) is 9.59 Å². The van der Waals surface area contributed by atoms with Crippen LogP contribution in [-0.4, -0.2) is 11.7 Å². The maximum Gasteiger partial charge on any atom is 0.238 e. The number of carbonyl (C=O) groups excluding carboxylic acids is 2. The van der Waals surface area contributed by atoms with Crippen LogP contribution < -0.4 is 5.32 Å². The quantitative estimate of drug-likeness (QED) is 0.787. The molecule has 1 amide bonds. The second kappa shape index (κ2) is 4.08. The number of benzene rings is 1. The van der Waals surface area contributed by atoms with Gasteiger partial charge in [0.25, 0.3) is 0 Å². The minimum atomic E-state index is -0.718. The molecule has 3 nitrogen and oxygen atoms in total. The molecule has 0 bridgehead atoms. The third kappa shape index (κ3) is 1.85. The molecule has 84 valence electrons. The van der Waals surface area contributed by atoms with E-state index in [1.54, 1.807) is 6.92 Å². The maximum absolute atomic E-state index is 12.0. The molecule has 0 atom stereocenters. The lowest BCUT2D eigenvalue weighted by molar-refractivity contribution is -0.132. The van der Waals surface area contributed by atoms with Crippen LogP contribution in [0.25, 0.3) is 0 Å². The fraction of sp³-hybridized carbons (Fsp3) is 0.385. The summed E-state index contributed by atoms with van der Waals surface area (Å²) >= 11 is 0. The molecular formula is C13H15NO2. The van der Waals surface area contributed by atoms with Gasteiger partial charge in [-0.2, -0.15) is 0 Å². The van der Waals surface area contributed by atoms with Crippen molar-refractivity contribution in [3.63, 3.8) is 0 Å². The highest BCUT2D eigenvalue weighted by Gasteiger charge is 2.55. The second-order valence-corrected chi connectivity index (χ2v) is 4.18. The van der Waals surface area contributed by atoms with Crippen molar-refractivity contribution < 1.29 is 9.59 Å². The standard InChI is InChI=1S/C13H15NO2/c1-2-11(15)13(8-9-13)12(16)14-10-6-4-3-5-7-10/h3-7H,2,8-9H2,1H3,(H,14,16). The Labute approximate surface area is 94.9 Å².